The molecule has 2 aromatic rings. The molecular weight excluding hydrogens is 334 g/mol. The van der Waals surface area contributed by atoms with E-state index in [1.54, 1.807) is 6.07 Å². The van der Waals surface area contributed by atoms with Crippen LogP contribution in [0.1, 0.15) is 26.2 Å². The van der Waals surface area contributed by atoms with Crippen LogP contribution >= 0.6 is 27.5 Å². The summed E-state index contributed by atoms with van der Waals surface area (Å²) in [7, 11) is 0. The number of unbranched alkanes of at least 4 members (excludes halogenated alkanes) is 2. The third-order valence-electron chi connectivity index (χ3n) is 2.90. The molecule has 0 unspecified atom stereocenters. The van der Waals surface area contributed by atoms with Crippen LogP contribution in [0.3, 0.4) is 0 Å². The first-order chi connectivity index (χ1) is 9.04. The smallest absolute Gasteiger partial charge is 0.372 e. The van der Waals surface area contributed by atoms with Gasteiger partial charge in [0.25, 0.3) is 0 Å². The summed E-state index contributed by atoms with van der Waals surface area (Å²) in [5.41, 5.74) is -0.114. The molecule has 102 valence electrons. The minimum atomic E-state index is -0.657. The van der Waals surface area contributed by atoms with Gasteiger partial charge in [-0.2, -0.15) is 0 Å². The molecule has 0 amide bonds. The van der Waals surface area contributed by atoms with Gasteiger partial charge in [0.15, 0.2) is 0 Å². The Balaban J connectivity index is 2.68. The number of hydrogen-bond acceptors (Lipinski definition) is 3. The van der Waals surface area contributed by atoms with Crippen molar-refractivity contribution in [2.75, 3.05) is 0 Å². The maximum Gasteiger partial charge on any atom is 0.422 e. The van der Waals surface area contributed by atoms with Crippen LogP contribution in [0.4, 0.5) is 0 Å². The molecule has 4 nitrogen and oxygen atoms in total. The third-order valence-corrected chi connectivity index (χ3v) is 3.73. The Labute approximate surface area is 123 Å². The molecule has 0 radical (unpaired) electrons. The van der Waals surface area contributed by atoms with Crippen LogP contribution in [0.2, 0.25) is 5.02 Å². The fourth-order valence-corrected chi connectivity index (χ4v) is 3.02. The SMILES string of the molecule is CCCCCn1c(=O)oc(=O)c2cc(Cl)cc(Br)c21. The number of fused-ring (bicyclic) bond motifs is 1. The van der Waals surface area contributed by atoms with Crippen molar-refractivity contribution >= 4 is 38.4 Å². The average molecular weight is 347 g/mol. The lowest BCUT2D eigenvalue weighted by molar-refractivity contribution is 0.410. The molecule has 0 saturated carbocycles. The van der Waals surface area contributed by atoms with Gasteiger partial charge in [-0.3, -0.25) is 4.57 Å². The van der Waals surface area contributed by atoms with Crippen molar-refractivity contribution in [3.63, 3.8) is 0 Å². The van der Waals surface area contributed by atoms with E-state index in [0.717, 1.165) is 19.3 Å². The van der Waals surface area contributed by atoms with Gasteiger partial charge >= 0.3 is 11.4 Å². The van der Waals surface area contributed by atoms with Gasteiger partial charge in [0.2, 0.25) is 0 Å². The van der Waals surface area contributed by atoms with E-state index in [1.165, 1.54) is 10.6 Å². The average Bonchev–Trinajstić information content (AvgIpc) is 2.33. The van der Waals surface area contributed by atoms with Crippen molar-refractivity contribution in [2.24, 2.45) is 0 Å². The highest BCUT2D eigenvalue weighted by molar-refractivity contribution is 9.10. The Morgan fingerprint density at radius 2 is 2.05 bits per heavy atom. The Kier molecular flexibility index (Phi) is 4.47. The number of aromatic nitrogens is 1. The van der Waals surface area contributed by atoms with Crippen LogP contribution < -0.4 is 11.4 Å². The minimum absolute atomic E-state index is 0.315. The quantitative estimate of drug-likeness (QED) is 0.795. The highest BCUT2D eigenvalue weighted by Crippen LogP contribution is 2.25. The first-order valence-corrected chi connectivity index (χ1v) is 7.24. The van der Waals surface area contributed by atoms with E-state index >= 15 is 0 Å². The Morgan fingerprint density at radius 1 is 1.32 bits per heavy atom. The molecule has 2 rings (SSSR count). The van der Waals surface area contributed by atoms with E-state index in [2.05, 4.69) is 22.9 Å². The minimum Gasteiger partial charge on any atom is -0.372 e. The van der Waals surface area contributed by atoms with E-state index in [4.69, 9.17) is 16.0 Å². The van der Waals surface area contributed by atoms with Crippen molar-refractivity contribution in [3.05, 3.63) is 42.6 Å². The standard InChI is InChI=1S/C13H13BrClNO3/c1-2-3-4-5-16-11-9(12(17)19-13(16)18)6-8(15)7-10(11)14/h6-7H,2-5H2,1H3. The zero-order valence-corrected chi connectivity index (χ0v) is 12.8. The first-order valence-electron chi connectivity index (χ1n) is 6.07. The van der Waals surface area contributed by atoms with Crippen molar-refractivity contribution in [2.45, 2.75) is 32.7 Å². The summed E-state index contributed by atoms with van der Waals surface area (Å²) in [5.74, 6) is -0.628. The van der Waals surface area contributed by atoms with Gasteiger partial charge in [-0.1, -0.05) is 31.4 Å². The van der Waals surface area contributed by atoms with Gasteiger partial charge in [0, 0.05) is 16.0 Å². The summed E-state index contributed by atoms with van der Waals surface area (Å²) in [4.78, 5) is 23.6. The Morgan fingerprint density at radius 3 is 2.74 bits per heavy atom. The van der Waals surface area contributed by atoms with Gasteiger partial charge in [-0.05, 0) is 34.5 Å². The summed E-state index contributed by atoms with van der Waals surface area (Å²) in [6, 6.07) is 3.18. The molecule has 19 heavy (non-hydrogen) atoms. The molecular formula is C13H13BrClNO3. The molecule has 0 aliphatic rings. The highest BCUT2D eigenvalue weighted by atomic mass is 79.9. The largest absolute Gasteiger partial charge is 0.422 e. The lowest BCUT2D eigenvalue weighted by Gasteiger charge is -2.10. The van der Waals surface area contributed by atoms with Crippen LogP contribution in [0.5, 0.6) is 0 Å². The first kappa shape index (κ1) is 14.3. The van der Waals surface area contributed by atoms with Crippen LogP contribution in [0.25, 0.3) is 10.9 Å². The fraction of sp³-hybridized carbons (Fsp3) is 0.385. The number of halogens is 2. The molecule has 0 atom stereocenters. The fourth-order valence-electron chi connectivity index (χ4n) is 2.00. The van der Waals surface area contributed by atoms with Crippen LogP contribution in [0.15, 0.2) is 30.6 Å². The molecule has 0 aliphatic heterocycles. The maximum atomic E-state index is 11.8. The molecule has 0 fully saturated rings. The molecule has 1 aromatic carbocycles. The van der Waals surface area contributed by atoms with Crippen molar-refractivity contribution in [1.82, 2.24) is 4.57 Å². The van der Waals surface area contributed by atoms with Crippen molar-refractivity contribution in [1.29, 1.82) is 0 Å². The van der Waals surface area contributed by atoms with Crippen LogP contribution in [-0.4, -0.2) is 4.57 Å². The van der Waals surface area contributed by atoms with E-state index < -0.39 is 11.4 Å². The predicted molar refractivity (Wildman–Crippen MR) is 79.0 cm³/mol. The van der Waals surface area contributed by atoms with Gasteiger partial charge in [-0.15, -0.1) is 0 Å². The predicted octanol–water partition coefficient (Wildman–Crippen LogP) is 3.56. The third kappa shape index (κ3) is 2.92. The monoisotopic (exact) mass is 345 g/mol. The van der Waals surface area contributed by atoms with Gasteiger partial charge in [0.05, 0.1) is 10.9 Å². The van der Waals surface area contributed by atoms with Gasteiger partial charge < -0.3 is 4.42 Å². The summed E-state index contributed by atoms with van der Waals surface area (Å²) in [6.07, 6.45) is 2.92. The second-order valence-corrected chi connectivity index (χ2v) is 5.59. The molecule has 6 heteroatoms. The molecule has 1 aromatic heterocycles. The number of nitrogens with zero attached hydrogens (tertiary/aromatic N) is 1. The van der Waals surface area contributed by atoms with Crippen molar-refractivity contribution in [3.8, 4) is 0 Å². The normalized spacial score (nSPS) is 11.1. The highest BCUT2D eigenvalue weighted by Gasteiger charge is 2.13. The van der Waals surface area contributed by atoms with Gasteiger partial charge in [-0.25, -0.2) is 9.59 Å². The lowest BCUT2D eigenvalue weighted by atomic mass is 10.2. The Hall–Kier alpha value is -1.07. The van der Waals surface area contributed by atoms with Gasteiger partial charge in [0.1, 0.15) is 0 Å². The second-order valence-electron chi connectivity index (χ2n) is 4.30. The summed E-state index contributed by atoms with van der Waals surface area (Å²) < 4.78 is 6.84. The molecule has 0 aliphatic carbocycles. The topological polar surface area (TPSA) is 52.2 Å². The molecule has 0 spiro atoms. The molecule has 1 heterocycles. The van der Waals surface area contributed by atoms with E-state index in [1.807, 2.05) is 0 Å². The summed E-state index contributed by atoms with van der Waals surface area (Å²) in [5, 5.41) is 0.737. The Bertz CT molecular complexity index is 720. The molecule has 0 bridgehead atoms. The maximum absolute atomic E-state index is 11.8. The zero-order valence-electron chi connectivity index (χ0n) is 10.4. The number of hydrogen-bond donors (Lipinski definition) is 0. The lowest BCUT2D eigenvalue weighted by Crippen LogP contribution is -2.25. The van der Waals surface area contributed by atoms with E-state index in [9.17, 15) is 9.59 Å². The van der Waals surface area contributed by atoms with E-state index in [-0.39, 0.29) is 0 Å². The second kappa shape index (κ2) is 5.92. The number of rotatable bonds is 4. The number of benzene rings is 1. The summed E-state index contributed by atoms with van der Waals surface area (Å²) >= 11 is 9.27. The van der Waals surface area contributed by atoms with Crippen molar-refractivity contribution < 1.29 is 4.42 Å². The summed E-state index contributed by atoms with van der Waals surface area (Å²) in [6.45, 7) is 2.61. The molecule has 0 N–H and O–H groups in total. The van der Waals surface area contributed by atoms with E-state index in [0.29, 0.717) is 26.9 Å². The van der Waals surface area contributed by atoms with Crippen LogP contribution in [-0.2, 0) is 6.54 Å². The van der Waals surface area contributed by atoms with Crippen LogP contribution in [0, 0.1) is 0 Å². The number of aryl methyl sites for hydroxylation is 1. The zero-order chi connectivity index (χ0) is 14.0. The molecule has 0 saturated heterocycles.